The fraction of sp³-hybridized carbons (Fsp3) is 0.524. The number of aryl methyl sites for hydroxylation is 2. The molecule has 1 aromatic carbocycles. The van der Waals surface area contributed by atoms with Gasteiger partial charge in [-0.05, 0) is 45.2 Å². The molecule has 162 valence electrons. The van der Waals surface area contributed by atoms with Crippen molar-refractivity contribution in [1.29, 1.82) is 0 Å². The predicted octanol–water partition coefficient (Wildman–Crippen LogP) is 4.14. The lowest BCUT2D eigenvalue weighted by atomic mass is 10.2. The van der Waals surface area contributed by atoms with Crippen LogP contribution in [0.1, 0.15) is 38.9 Å². The maximum atomic E-state index is 13.8. The molecule has 0 saturated heterocycles. The molecule has 2 N–H and O–H groups in total. The van der Waals surface area contributed by atoms with Crippen LogP contribution < -0.4 is 15.4 Å². The van der Waals surface area contributed by atoms with Crippen molar-refractivity contribution in [1.82, 2.24) is 20.2 Å². The van der Waals surface area contributed by atoms with Gasteiger partial charge in [-0.2, -0.15) is 0 Å². The van der Waals surface area contributed by atoms with Crippen LogP contribution in [0.15, 0.2) is 41.7 Å². The smallest absolute Gasteiger partial charge is 0.191 e. The minimum absolute atomic E-state index is 0. The average Bonchev–Trinajstić information content (AvgIpc) is 3.10. The van der Waals surface area contributed by atoms with Crippen molar-refractivity contribution in [3.63, 3.8) is 0 Å². The zero-order valence-electron chi connectivity index (χ0n) is 17.5. The Bertz CT molecular complexity index is 737. The van der Waals surface area contributed by atoms with E-state index in [2.05, 4.69) is 25.2 Å². The number of hydrogen-bond donors (Lipinski definition) is 2. The molecule has 0 bridgehead atoms. The Labute approximate surface area is 190 Å². The number of aromatic nitrogens is 2. The maximum absolute atomic E-state index is 13.8. The number of nitrogens with one attached hydrogen (secondary N) is 2. The second kappa shape index (κ2) is 14.2. The van der Waals surface area contributed by atoms with E-state index in [0.29, 0.717) is 6.54 Å². The van der Waals surface area contributed by atoms with Gasteiger partial charge in [0.25, 0.3) is 0 Å². The van der Waals surface area contributed by atoms with Gasteiger partial charge >= 0.3 is 0 Å². The molecule has 2 rings (SSSR count). The van der Waals surface area contributed by atoms with Crippen LogP contribution in [0.25, 0.3) is 0 Å². The number of imidazole rings is 1. The molecular weight excluding hydrogens is 484 g/mol. The van der Waals surface area contributed by atoms with Gasteiger partial charge in [-0.3, -0.25) is 0 Å². The first-order valence-corrected chi connectivity index (χ1v) is 10.0. The predicted molar refractivity (Wildman–Crippen MR) is 127 cm³/mol. The molecule has 1 aromatic heterocycles. The molecule has 0 amide bonds. The van der Waals surface area contributed by atoms with Crippen LogP contribution in [0.3, 0.4) is 0 Å². The van der Waals surface area contributed by atoms with Crippen molar-refractivity contribution in [2.75, 3.05) is 19.6 Å². The largest absolute Gasteiger partial charge is 0.485 e. The van der Waals surface area contributed by atoms with E-state index in [1.165, 1.54) is 6.07 Å². The first kappa shape index (κ1) is 25.2. The van der Waals surface area contributed by atoms with Gasteiger partial charge in [-0.1, -0.05) is 19.1 Å². The summed E-state index contributed by atoms with van der Waals surface area (Å²) in [6.07, 6.45) is 6.52. The highest BCUT2D eigenvalue weighted by atomic mass is 127. The first-order chi connectivity index (χ1) is 13.6. The summed E-state index contributed by atoms with van der Waals surface area (Å²) < 4.78 is 21.7. The zero-order valence-corrected chi connectivity index (χ0v) is 19.9. The Kier molecular flexibility index (Phi) is 12.3. The lowest BCUT2D eigenvalue weighted by Gasteiger charge is -2.17. The lowest BCUT2D eigenvalue weighted by Crippen LogP contribution is -2.38. The van der Waals surface area contributed by atoms with Crippen LogP contribution in [0, 0.1) is 12.7 Å². The van der Waals surface area contributed by atoms with Gasteiger partial charge in [-0.15, -0.1) is 24.0 Å². The molecule has 0 fully saturated rings. The molecule has 1 heterocycles. The number of hydrogen-bond acceptors (Lipinski definition) is 3. The highest BCUT2D eigenvalue weighted by molar-refractivity contribution is 14.0. The Morgan fingerprint density at radius 1 is 1.24 bits per heavy atom. The third-order valence-corrected chi connectivity index (χ3v) is 4.42. The molecule has 0 aliphatic heterocycles. The van der Waals surface area contributed by atoms with Gasteiger partial charge < -0.3 is 19.9 Å². The summed E-state index contributed by atoms with van der Waals surface area (Å²) in [7, 11) is 0. The summed E-state index contributed by atoms with van der Waals surface area (Å²) in [6, 6.07) is 6.48. The topological polar surface area (TPSA) is 63.5 Å². The first-order valence-electron chi connectivity index (χ1n) is 10.0. The maximum Gasteiger partial charge on any atom is 0.191 e. The summed E-state index contributed by atoms with van der Waals surface area (Å²) in [5.74, 6) is 1.74. The third-order valence-electron chi connectivity index (χ3n) is 4.42. The van der Waals surface area contributed by atoms with E-state index in [0.717, 1.165) is 50.7 Å². The molecule has 1 atom stereocenters. The van der Waals surface area contributed by atoms with Crippen molar-refractivity contribution in [3.8, 4) is 5.75 Å². The number of unbranched alkanes of at least 4 members (excludes halogenated alkanes) is 1. The van der Waals surface area contributed by atoms with E-state index in [1.54, 1.807) is 18.2 Å². The highest BCUT2D eigenvalue weighted by Gasteiger charge is 2.11. The van der Waals surface area contributed by atoms with Crippen molar-refractivity contribution in [2.45, 2.75) is 52.7 Å². The minimum atomic E-state index is -0.344. The molecular formula is C21H33FIN5O. The van der Waals surface area contributed by atoms with Crippen LogP contribution in [0.4, 0.5) is 4.39 Å². The van der Waals surface area contributed by atoms with Gasteiger partial charge in [-0.25, -0.2) is 14.4 Å². The number of ether oxygens (including phenoxy) is 1. The third kappa shape index (κ3) is 9.01. The molecule has 1 unspecified atom stereocenters. The summed E-state index contributed by atoms with van der Waals surface area (Å²) >= 11 is 0. The molecule has 2 aromatic rings. The van der Waals surface area contributed by atoms with E-state index in [-0.39, 0.29) is 41.6 Å². The Morgan fingerprint density at radius 2 is 2.03 bits per heavy atom. The van der Waals surface area contributed by atoms with E-state index in [9.17, 15) is 4.39 Å². The standard InChI is InChI=1S/C21H32FN5O.HI/c1-4-18(28-20-11-7-6-10-19(20)22)16-26-21(23-5-2)25-12-8-9-14-27-15-13-24-17(27)3;/h6-7,10-11,13,15,18H,4-5,8-9,12,14,16H2,1-3H3,(H2,23,25,26);1H. The van der Waals surface area contributed by atoms with Crippen LogP contribution in [0.2, 0.25) is 0 Å². The number of halogens is 2. The second-order valence-electron chi connectivity index (χ2n) is 6.60. The molecule has 0 aliphatic carbocycles. The van der Waals surface area contributed by atoms with E-state index < -0.39 is 0 Å². The molecule has 8 heteroatoms. The zero-order chi connectivity index (χ0) is 20.2. The number of guanidine groups is 1. The number of benzene rings is 1. The molecule has 29 heavy (non-hydrogen) atoms. The fourth-order valence-electron chi connectivity index (χ4n) is 2.76. The Balaban J connectivity index is 0.00000420. The van der Waals surface area contributed by atoms with E-state index in [4.69, 9.17) is 4.74 Å². The summed E-state index contributed by atoms with van der Waals surface area (Å²) in [5.41, 5.74) is 0. The quantitative estimate of drug-likeness (QED) is 0.204. The van der Waals surface area contributed by atoms with Crippen LogP contribution in [-0.2, 0) is 6.54 Å². The Morgan fingerprint density at radius 3 is 2.69 bits per heavy atom. The highest BCUT2D eigenvalue weighted by Crippen LogP contribution is 2.18. The van der Waals surface area contributed by atoms with Crippen LogP contribution >= 0.6 is 24.0 Å². The number of nitrogens with zero attached hydrogens (tertiary/aromatic N) is 3. The molecule has 0 aliphatic rings. The van der Waals surface area contributed by atoms with Crippen molar-refractivity contribution in [3.05, 3.63) is 48.3 Å². The fourth-order valence-corrected chi connectivity index (χ4v) is 2.76. The summed E-state index contributed by atoms with van der Waals surface area (Å²) in [6.45, 7) is 9.12. The van der Waals surface area contributed by atoms with Gasteiger partial charge in [0.05, 0.1) is 6.54 Å². The van der Waals surface area contributed by atoms with Crippen LogP contribution in [0.5, 0.6) is 5.75 Å². The van der Waals surface area contributed by atoms with Crippen molar-refractivity contribution in [2.24, 2.45) is 4.99 Å². The normalized spacial score (nSPS) is 12.2. The van der Waals surface area contributed by atoms with Gasteiger partial charge in [0.1, 0.15) is 11.9 Å². The molecule has 6 nitrogen and oxygen atoms in total. The average molecular weight is 517 g/mol. The Hall–Kier alpha value is -1.84. The number of aliphatic imine (C=N–C) groups is 1. The van der Waals surface area contributed by atoms with Gasteiger partial charge in [0.2, 0.25) is 0 Å². The number of rotatable bonds is 11. The summed E-state index contributed by atoms with van der Waals surface area (Å²) in [5, 5.41) is 6.60. The van der Waals surface area contributed by atoms with E-state index in [1.807, 2.05) is 33.2 Å². The van der Waals surface area contributed by atoms with Gasteiger partial charge in [0, 0.05) is 32.0 Å². The van der Waals surface area contributed by atoms with Crippen molar-refractivity contribution >= 4 is 29.9 Å². The second-order valence-corrected chi connectivity index (χ2v) is 6.60. The SMILES string of the molecule is CCNC(=NCC(CC)Oc1ccccc1F)NCCCCn1ccnc1C.I. The molecule has 0 radical (unpaired) electrons. The van der Waals surface area contributed by atoms with Crippen LogP contribution in [-0.4, -0.2) is 41.2 Å². The lowest BCUT2D eigenvalue weighted by molar-refractivity contribution is 0.196. The minimum Gasteiger partial charge on any atom is -0.485 e. The monoisotopic (exact) mass is 517 g/mol. The van der Waals surface area contributed by atoms with Crippen molar-refractivity contribution < 1.29 is 9.13 Å². The summed E-state index contributed by atoms with van der Waals surface area (Å²) in [4.78, 5) is 8.84. The molecule has 0 spiro atoms. The van der Waals surface area contributed by atoms with Gasteiger partial charge in [0.15, 0.2) is 17.5 Å². The molecule has 0 saturated carbocycles. The van der Waals surface area contributed by atoms with E-state index >= 15 is 0 Å². The number of para-hydroxylation sites is 1.